The third-order valence-electron chi connectivity index (χ3n) is 4.00. The Bertz CT molecular complexity index is 467. The number of nitrogens with one attached hydrogen (secondary N) is 1. The van der Waals surface area contributed by atoms with Crippen LogP contribution in [0.25, 0.3) is 0 Å². The highest BCUT2D eigenvalue weighted by atomic mass is 35.5. The highest BCUT2D eigenvalue weighted by Crippen LogP contribution is 2.36. The summed E-state index contributed by atoms with van der Waals surface area (Å²) in [6.45, 7) is 2.14. The SMILES string of the molecule is CSC1CCCCC1NC(C)c1ccc(Cl)c(Cl)c1Cl. The summed E-state index contributed by atoms with van der Waals surface area (Å²) < 4.78 is 0. The van der Waals surface area contributed by atoms with E-state index in [9.17, 15) is 0 Å². The van der Waals surface area contributed by atoms with Gasteiger partial charge in [0.25, 0.3) is 0 Å². The van der Waals surface area contributed by atoms with E-state index in [-0.39, 0.29) is 6.04 Å². The van der Waals surface area contributed by atoms with Crippen molar-refractivity contribution in [3.8, 4) is 0 Å². The zero-order valence-electron chi connectivity index (χ0n) is 11.8. The molecule has 0 heterocycles. The lowest BCUT2D eigenvalue weighted by atomic mass is 9.93. The molecule has 0 spiro atoms. The van der Waals surface area contributed by atoms with E-state index in [1.54, 1.807) is 0 Å². The van der Waals surface area contributed by atoms with Crippen LogP contribution in [0.1, 0.15) is 44.2 Å². The molecule has 1 N–H and O–H groups in total. The van der Waals surface area contributed by atoms with Crippen molar-refractivity contribution < 1.29 is 0 Å². The molecule has 0 bridgehead atoms. The molecule has 0 amide bonds. The zero-order valence-corrected chi connectivity index (χ0v) is 14.8. The zero-order chi connectivity index (χ0) is 14.7. The summed E-state index contributed by atoms with van der Waals surface area (Å²) in [5.74, 6) is 0. The molecule has 3 atom stereocenters. The Hall–Kier alpha value is 0.400. The molecule has 1 aromatic rings. The molecular formula is C15H20Cl3NS. The Kier molecular flexibility index (Phi) is 6.37. The van der Waals surface area contributed by atoms with Gasteiger partial charge in [0, 0.05) is 17.3 Å². The van der Waals surface area contributed by atoms with Gasteiger partial charge in [0.2, 0.25) is 0 Å². The van der Waals surface area contributed by atoms with Gasteiger partial charge in [-0.15, -0.1) is 0 Å². The van der Waals surface area contributed by atoms with Gasteiger partial charge in [-0.25, -0.2) is 0 Å². The predicted octanol–water partition coefficient (Wildman–Crippen LogP) is 5.97. The van der Waals surface area contributed by atoms with Crippen molar-refractivity contribution in [2.24, 2.45) is 0 Å². The van der Waals surface area contributed by atoms with Crippen molar-refractivity contribution in [2.75, 3.05) is 6.26 Å². The molecule has 0 aliphatic heterocycles. The minimum atomic E-state index is 0.176. The maximum atomic E-state index is 6.32. The first-order valence-corrected chi connectivity index (χ1v) is 9.39. The molecule has 3 unspecified atom stereocenters. The Labute approximate surface area is 140 Å². The van der Waals surface area contributed by atoms with Crippen LogP contribution in [-0.4, -0.2) is 17.5 Å². The van der Waals surface area contributed by atoms with E-state index >= 15 is 0 Å². The van der Waals surface area contributed by atoms with Gasteiger partial charge in [-0.1, -0.05) is 53.7 Å². The molecule has 1 fully saturated rings. The highest BCUT2D eigenvalue weighted by Gasteiger charge is 2.26. The van der Waals surface area contributed by atoms with Crippen molar-refractivity contribution >= 4 is 46.6 Å². The number of halogens is 3. The Morgan fingerprint density at radius 2 is 1.85 bits per heavy atom. The van der Waals surface area contributed by atoms with E-state index in [1.165, 1.54) is 25.7 Å². The summed E-state index contributed by atoms with van der Waals surface area (Å²) in [6, 6.07) is 4.50. The standard InChI is InChI=1S/C15H20Cl3NS/c1-9(10-7-8-11(16)15(18)14(10)17)19-12-5-3-4-6-13(12)20-2/h7-9,12-13,19H,3-6H2,1-2H3. The molecule has 0 aromatic heterocycles. The average Bonchev–Trinajstić information content (AvgIpc) is 2.45. The number of thioether (sulfide) groups is 1. The molecule has 1 aromatic carbocycles. The van der Waals surface area contributed by atoms with Crippen LogP contribution in [0.3, 0.4) is 0 Å². The fourth-order valence-electron chi connectivity index (χ4n) is 2.86. The van der Waals surface area contributed by atoms with Gasteiger partial charge in [-0.05, 0) is 37.7 Å². The van der Waals surface area contributed by atoms with Gasteiger partial charge in [0.05, 0.1) is 15.1 Å². The van der Waals surface area contributed by atoms with Crippen molar-refractivity contribution in [1.29, 1.82) is 0 Å². The third-order valence-corrected chi connectivity index (χ3v) is 6.48. The molecule has 1 nitrogen and oxygen atoms in total. The molecule has 1 saturated carbocycles. The first kappa shape index (κ1) is 16.8. The normalized spacial score (nSPS) is 24.6. The molecule has 0 saturated heterocycles. The van der Waals surface area contributed by atoms with Crippen LogP contribution >= 0.6 is 46.6 Å². The highest BCUT2D eigenvalue weighted by molar-refractivity contribution is 7.99. The number of benzene rings is 1. The maximum absolute atomic E-state index is 6.32. The van der Waals surface area contributed by atoms with Crippen LogP contribution in [0.5, 0.6) is 0 Å². The van der Waals surface area contributed by atoms with E-state index in [1.807, 2.05) is 23.9 Å². The van der Waals surface area contributed by atoms with E-state index in [4.69, 9.17) is 34.8 Å². The van der Waals surface area contributed by atoms with E-state index < -0.39 is 0 Å². The fraction of sp³-hybridized carbons (Fsp3) is 0.600. The van der Waals surface area contributed by atoms with Crippen molar-refractivity contribution in [3.05, 3.63) is 32.8 Å². The van der Waals surface area contributed by atoms with Crippen molar-refractivity contribution in [3.63, 3.8) is 0 Å². The molecule has 0 radical (unpaired) electrons. The van der Waals surface area contributed by atoms with Gasteiger partial charge in [-0.3, -0.25) is 0 Å². The summed E-state index contributed by atoms with van der Waals surface area (Å²) in [6.07, 6.45) is 7.36. The summed E-state index contributed by atoms with van der Waals surface area (Å²) in [4.78, 5) is 0. The van der Waals surface area contributed by atoms with Gasteiger partial charge < -0.3 is 5.32 Å². The minimum absolute atomic E-state index is 0.176. The molecule has 2 rings (SSSR count). The van der Waals surface area contributed by atoms with Crippen LogP contribution in [-0.2, 0) is 0 Å². The Balaban J connectivity index is 2.11. The number of rotatable bonds is 4. The second kappa shape index (κ2) is 7.60. The second-order valence-electron chi connectivity index (χ2n) is 5.32. The Morgan fingerprint density at radius 1 is 1.15 bits per heavy atom. The summed E-state index contributed by atoms with van der Waals surface area (Å²) in [5.41, 5.74) is 1.02. The molecule has 5 heteroatoms. The van der Waals surface area contributed by atoms with Crippen LogP contribution in [0.2, 0.25) is 15.1 Å². The average molecular weight is 353 g/mol. The first-order chi connectivity index (χ1) is 9.54. The fourth-order valence-corrected chi connectivity index (χ4v) is 4.51. The van der Waals surface area contributed by atoms with Gasteiger partial charge in [-0.2, -0.15) is 11.8 Å². The molecular weight excluding hydrogens is 333 g/mol. The monoisotopic (exact) mass is 351 g/mol. The minimum Gasteiger partial charge on any atom is -0.306 e. The summed E-state index contributed by atoms with van der Waals surface area (Å²) >= 11 is 20.4. The lowest BCUT2D eigenvalue weighted by Crippen LogP contribution is -2.41. The van der Waals surface area contributed by atoms with E-state index in [2.05, 4.69) is 18.5 Å². The topological polar surface area (TPSA) is 12.0 Å². The van der Waals surface area contributed by atoms with Crippen molar-refractivity contribution in [2.45, 2.75) is 49.9 Å². The molecule has 1 aliphatic rings. The van der Waals surface area contributed by atoms with E-state index in [0.29, 0.717) is 26.4 Å². The lowest BCUT2D eigenvalue weighted by Gasteiger charge is -2.33. The van der Waals surface area contributed by atoms with Crippen LogP contribution in [0, 0.1) is 0 Å². The largest absolute Gasteiger partial charge is 0.306 e. The van der Waals surface area contributed by atoms with E-state index in [0.717, 1.165) is 5.56 Å². The number of hydrogen-bond donors (Lipinski definition) is 1. The quantitative estimate of drug-likeness (QED) is 0.670. The van der Waals surface area contributed by atoms with Crippen LogP contribution in [0.15, 0.2) is 12.1 Å². The smallest absolute Gasteiger partial charge is 0.0781 e. The first-order valence-electron chi connectivity index (χ1n) is 6.96. The lowest BCUT2D eigenvalue weighted by molar-refractivity contribution is 0.356. The second-order valence-corrected chi connectivity index (χ2v) is 7.56. The van der Waals surface area contributed by atoms with Crippen LogP contribution in [0.4, 0.5) is 0 Å². The van der Waals surface area contributed by atoms with Gasteiger partial charge in [0.15, 0.2) is 0 Å². The third kappa shape index (κ3) is 3.78. The van der Waals surface area contributed by atoms with Gasteiger partial charge >= 0.3 is 0 Å². The van der Waals surface area contributed by atoms with Crippen LogP contribution < -0.4 is 5.32 Å². The summed E-state index contributed by atoms with van der Waals surface area (Å²) in [7, 11) is 0. The maximum Gasteiger partial charge on any atom is 0.0781 e. The Morgan fingerprint density at radius 3 is 2.55 bits per heavy atom. The summed E-state index contributed by atoms with van der Waals surface area (Å²) in [5, 5.41) is 5.93. The van der Waals surface area contributed by atoms with Gasteiger partial charge in [0.1, 0.15) is 0 Å². The van der Waals surface area contributed by atoms with Crippen molar-refractivity contribution in [1.82, 2.24) is 5.32 Å². The number of hydrogen-bond acceptors (Lipinski definition) is 2. The molecule has 112 valence electrons. The molecule has 1 aliphatic carbocycles. The predicted molar refractivity (Wildman–Crippen MR) is 92.6 cm³/mol. The molecule has 20 heavy (non-hydrogen) atoms.